The molecule has 0 saturated heterocycles. The molecule has 2 aromatic rings. The first kappa shape index (κ1) is 16.5. The minimum absolute atomic E-state index is 0.125. The zero-order chi connectivity index (χ0) is 15.4. The standard InChI is InChI=1S/C16H16Br2FNO/c1-10(20)6-11-3-5-16(14(18)7-11)21-9-12-2-4-15(19)13(17)8-12/h2-5,7-8,10H,6,9,20H2,1H3. The normalized spacial score (nSPS) is 12.2. The van der Waals surface area contributed by atoms with Crippen LogP contribution < -0.4 is 10.5 Å². The van der Waals surface area contributed by atoms with Crippen LogP contribution in [0.4, 0.5) is 4.39 Å². The number of hydrogen-bond acceptors (Lipinski definition) is 2. The van der Waals surface area contributed by atoms with Crippen molar-refractivity contribution in [1.82, 2.24) is 0 Å². The third kappa shape index (κ3) is 4.80. The molecule has 0 aliphatic carbocycles. The molecule has 0 aliphatic heterocycles. The van der Waals surface area contributed by atoms with Crippen molar-refractivity contribution >= 4 is 31.9 Å². The van der Waals surface area contributed by atoms with Gasteiger partial charge in [-0.05, 0) is 80.6 Å². The second kappa shape index (κ2) is 7.38. The van der Waals surface area contributed by atoms with E-state index in [1.807, 2.05) is 25.1 Å². The molecule has 0 saturated carbocycles. The average molecular weight is 417 g/mol. The maximum atomic E-state index is 13.2. The van der Waals surface area contributed by atoms with Gasteiger partial charge in [0.15, 0.2) is 0 Å². The van der Waals surface area contributed by atoms with Crippen LogP contribution in [0.5, 0.6) is 5.75 Å². The molecule has 0 bridgehead atoms. The molecule has 0 aromatic heterocycles. The predicted molar refractivity (Wildman–Crippen MR) is 89.9 cm³/mol. The third-order valence-corrected chi connectivity index (χ3v) is 4.16. The molecule has 0 spiro atoms. The monoisotopic (exact) mass is 415 g/mol. The molecule has 0 fully saturated rings. The van der Waals surface area contributed by atoms with Crippen LogP contribution in [0, 0.1) is 5.82 Å². The number of halogens is 3. The fourth-order valence-electron chi connectivity index (χ4n) is 1.95. The fraction of sp³-hybridized carbons (Fsp3) is 0.250. The molecule has 0 amide bonds. The van der Waals surface area contributed by atoms with E-state index in [1.54, 1.807) is 12.1 Å². The quantitative estimate of drug-likeness (QED) is 0.758. The molecule has 1 atom stereocenters. The van der Waals surface area contributed by atoms with Gasteiger partial charge < -0.3 is 10.5 Å². The first-order valence-electron chi connectivity index (χ1n) is 6.56. The number of ether oxygens (including phenoxy) is 1. The van der Waals surface area contributed by atoms with Crippen LogP contribution in [0.1, 0.15) is 18.1 Å². The van der Waals surface area contributed by atoms with Gasteiger partial charge in [-0.25, -0.2) is 4.39 Å². The molecule has 1 unspecified atom stereocenters. The van der Waals surface area contributed by atoms with Gasteiger partial charge in [0.1, 0.15) is 18.2 Å². The Morgan fingerprint density at radius 2 is 1.76 bits per heavy atom. The lowest BCUT2D eigenvalue weighted by molar-refractivity contribution is 0.304. The van der Waals surface area contributed by atoms with Gasteiger partial charge in [-0.15, -0.1) is 0 Å². The Morgan fingerprint density at radius 1 is 1.10 bits per heavy atom. The highest BCUT2D eigenvalue weighted by atomic mass is 79.9. The highest BCUT2D eigenvalue weighted by molar-refractivity contribution is 9.10. The van der Waals surface area contributed by atoms with E-state index in [2.05, 4.69) is 31.9 Å². The highest BCUT2D eigenvalue weighted by Gasteiger charge is 2.06. The summed E-state index contributed by atoms with van der Waals surface area (Å²) in [5, 5.41) is 0. The van der Waals surface area contributed by atoms with Gasteiger partial charge in [-0.3, -0.25) is 0 Å². The number of benzene rings is 2. The fourth-order valence-corrected chi connectivity index (χ4v) is 2.92. The lowest BCUT2D eigenvalue weighted by Gasteiger charge is -2.11. The molecule has 5 heteroatoms. The largest absolute Gasteiger partial charge is 0.488 e. The summed E-state index contributed by atoms with van der Waals surface area (Å²) in [7, 11) is 0. The van der Waals surface area contributed by atoms with Gasteiger partial charge in [-0.2, -0.15) is 0 Å². The van der Waals surface area contributed by atoms with Crippen LogP contribution in [0.25, 0.3) is 0 Å². The summed E-state index contributed by atoms with van der Waals surface area (Å²) in [5.74, 6) is 0.476. The molecule has 0 aliphatic rings. The average Bonchev–Trinajstić information content (AvgIpc) is 2.41. The van der Waals surface area contributed by atoms with Crippen molar-refractivity contribution in [2.45, 2.75) is 26.0 Å². The van der Waals surface area contributed by atoms with Gasteiger partial charge in [0.05, 0.1) is 8.95 Å². The highest BCUT2D eigenvalue weighted by Crippen LogP contribution is 2.27. The Hall–Kier alpha value is -0.910. The summed E-state index contributed by atoms with van der Waals surface area (Å²) in [6.45, 7) is 2.36. The van der Waals surface area contributed by atoms with Crippen molar-refractivity contribution in [3.05, 3.63) is 62.3 Å². The lowest BCUT2D eigenvalue weighted by atomic mass is 10.1. The maximum Gasteiger partial charge on any atom is 0.137 e. The van der Waals surface area contributed by atoms with Crippen LogP contribution in [-0.2, 0) is 13.0 Å². The Labute approximate surface area is 140 Å². The summed E-state index contributed by atoms with van der Waals surface area (Å²) in [6.07, 6.45) is 0.823. The van der Waals surface area contributed by atoms with Gasteiger partial charge in [0, 0.05) is 6.04 Å². The Balaban J connectivity index is 2.04. The number of nitrogens with two attached hydrogens (primary N) is 1. The van der Waals surface area contributed by atoms with Crippen LogP contribution >= 0.6 is 31.9 Å². The second-order valence-electron chi connectivity index (χ2n) is 4.98. The molecule has 2 N–H and O–H groups in total. The van der Waals surface area contributed by atoms with Crippen LogP contribution in [0.2, 0.25) is 0 Å². The zero-order valence-corrected chi connectivity index (χ0v) is 14.7. The van der Waals surface area contributed by atoms with Crippen molar-refractivity contribution in [2.24, 2.45) is 5.73 Å². The molecule has 2 aromatic carbocycles. The topological polar surface area (TPSA) is 35.2 Å². The first-order chi connectivity index (χ1) is 9.95. The van der Waals surface area contributed by atoms with Crippen LogP contribution in [-0.4, -0.2) is 6.04 Å². The Kier molecular flexibility index (Phi) is 5.79. The van der Waals surface area contributed by atoms with E-state index in [-0.39, 0.29) is 11.9 Å². The number of rotatable bonds is 5. The van der Waals surface area contributed by atoms with E-state index in [4.69, 9.17) is 10.5 Å². The summed E-state index contributed by atoms with van der Waals surface area (Å²) < 4.78 is 20.3. The van der Waals surface area contributed by atoms with Gasteiger partial charge in [0.2, 0.25) is 0 Å². The number of hydrogen-bond donors (Lipinski definition) is 1. The summed E-state index contributed by atoms with van der Waals surface area (Å²) in [5.41, 5.74) is 7.85. The van der Waals surface area contributed by atoms with Crippen LogP contribution in [0.3, 0.4) is 0 Å². The molecule has 21 heavy (non-hydrogen) atoms. The molecule has 2 nitrogen and oxygen atoms in total. The van der Waals surface area contributed by atoms with Crippen LogP contribution in [0.15, 0.2) is 45.3 Å². The smallest absolute Gasteiger partial charge is 0.137 e. The molecule has 112 valence electrons. The minimum Gasteiger partial charge on any atom is -0.488 e. The predicted octanol–water partition coefficient (Wildman–Crippen LogP) is 4.82. The lowest BCUT2D eigenvalue weighted by Crippen LogP contribution is -2.17. The van der Waals surface area contributed by atoms with E-state index in [0.717, 1.165) is 27.8 Å². The van der Waals surface area contributed by atoms with Crippen molar-refractivity contribution < 1.29 is 9.13 Å². The summed E-state index contributed by atoms with van der Waals surface area (Å²) in [6, 6.07) is 10.9. The third-order valence-electron chi connectivity index (χ3n) is 2.93. The van der Waals surface area contributed by atoms with Gasteiger partial charge >= 0.3 is 0 Å². The van der Waals surface area contributed by atoms with Crippen molar-refractivity contribution in [2.75, 3.05) is 0 Å². The van der Waals surface area contributed by atoms with Crippen molar-refractivity contribution in [3.8, 4) is 5.75 Å². The molecular weight excluding hydrogens is 401 g/mol. The first-order valence-corrected chi connectivity index (χ1v) is 8.15. The maximum absolute atomic E-state index is 13.2. The SMILES string of the molecule is CC(N)Cc1ccc(OCc2ccc(F)c(Br)c2)c(Br)c1. The zero-order valence-electron chi connectivity index (χ0n) is 11.6. The second-order valence-corrected chi connectivity index (χ2v) is 6.69. The van der Waals surface area contributed by atoms with Gasteiger partial charge in [0.25, 0.3) is 0 Å². The molecule has 0 radical (unpaired) electrons. The molecule has 0 heterocycles. The molecular formula is C16H16Br2FNO. The van der Waals surface area contributed by atoms with E-state index < -0.39 is 0 Å². The Bertz CT molecular complexity index is 632. The summed E-state index contributed by atoms with van der Waals surface area (Å²) in [4.78, 5) is 0. The van der Waals surface area contributed by atoms with E-state index in [1.165, 1.54) is 6.07 Å². The van der Waals surface area contributed by atoms with E-state index in [9.17, 15) is 4.39 Å². The summed E-state index contributed by atoms with van der Waals surface area (Å²) >= 11 is 6.67. The van der Waals surface area contributed by atoms with E-state index >= 15 is 0 Å². The minimum atomic E-state index is -0.278. The van der Waals surface area contributed by atoms with Crippen molar-refractivity contribution in [1.29, 1.82) is 0 Å². The van der Waals surface area contributed by atoms with E-state index in [0.29, 0.717) is 11.1 Å². The van der Waals surface area contributed by atoms with Crippen molar-refractivity contribution in [3.63, 3.8) is 0 Å². The van der Waals surface area contributed by atoms with Gasteiger partial charge in [-0.1, -0.05) is 12.1 Å². The molecule has 2 rings (SSSR count). The Morgan fingerprint density at radius 3 is 2.38 bits per heavy atom.